The number of benzene rings is 2. The van der Waals surface area contributed by atoms with Crippen molar-refractivity contribution in [1.29, 1.82) is 0 Å². The Labute approximate surface area is 188 Å². The van der Waals surface area contributed by atoms with Gasteiger partial charge >= 0.3 is 0 Å². The average Bonchev–Trinajstić information content (AvgIpc) is 3.22. The van der Waals surface area contributed by atoms with E-state index in [2.05, 4.69) is 20.8 Å². The van der Waals surface area contributed by atoms with Crippen molar-refractivity contribution >= 4 is 33.2 Å². The number of aryl methyl sites for hydroxylation is 1. The van der Waals surface area contributed by atoms with Gasteiger partial charge in [0.2, 0.25) is 10.0 Å². The van der Waals surface area contributed by atoms with Gasteiger partial charge in [0, 0.05) is 13.1 Å². The summed E-state index contributed by atoms with van der Waals surface area (Å²) in [5.74, 6) is -0.988. The molecule has 1 aromatic heterocycles. The molecule has 1 N–H and O–H groups in total. The Morgan fingerprint density at radius 3 is 2.62 bits per heavy atom. The van der Waals surface area contributed by atoms with E-state index in [9.17, 15) is 17.6 Å². The van der Waals surface area contributed by atoms with E-state index in [0.29, 0.717) is 11.5 Å². The topological polar surface area (TPSA) is 119 Å². The Balaban J connectivity index is 1.63. The fourth-order valence-electron chi connectivity index (χ4n) is 3.18. The number of halogens is 2. The Bertz CT molecular complexity index is 1280. The fourth-order valence-corrected chi connectivity index (χ4v) is 4.81. The average molecular weight is 481 g/mol. The number of anilines is 1. The number of carbonyl (C=O) groups is 1. The number of nitrogens with one attached hydrogen (secondary N) is 1. The molecule has 4 rings (SSSR count). The van der Waals surface area contributed by atoms with Crippen LogP contribution in [-0.2, 0) is 14.8 Å². The molecule has 1 fully saturated rings. The third kappa shape index (κ3) is 4.35. The molecule has 0 radical (unpaired) electrons. The SMILES string of the molecule is Cc1nnnn1-c1ccc(F)c(NC(=O)c2cc(S(=O)(=O)N3CCOCC3)ccc2Cl)c1. The highest BCUT2D eigenvalue weighted by molar-refractivity contribution is 7.89. The predicted molar refractivity (Wildman–Crippen MR) is 113 cm³/mol. The minimum Gasteiger partial charge on any atom is -0.379 e. The normalized spacial score (nSPS) is 15.0. The molecule has 0 unspecified atom stereocenters. The highest BCUT2D eigenvalue weighted by Crippen LogP contribution is 2.26. The van der Waals surface area contributed by atoms with Crippen molar-refractivity contribution in [2.24, 2.45) is 0 Å². The number of hydrogen-bond donors (Lipinski definition) is 1. The van der Waals surface area contributed by atoms with Gasteiger partial charge in [-0.25, -0.2) is 12.8 Å². The highest BCUT2D eigenvalue weighted by Gasteiger charge is 2.28. The van der Waals surface area contributed by atoms with E-state index in [0.717, 1.165) is 6.07 Å². The summed E-state index contributed by atoms with van der Waals surface area (Å²) >= 11 is 6.15. The second-order valence-corrected chi connectivity index (χ2v) is 9.26. The summed E-state index contributed by atoms with van der Waals surface area (Å²) in [6.45, 7) is 2.66. The molecule has 168 valence electrons. The molecule has 2 aromatic carbocycles. The molecule has 2 heterocycles. The minimum atomic E-state index is -3.84. The number of amides is 1. The molecule has 1 amide bonds. The first-order valence-electron chi connectivity index (χ1n) is 9.51. The molecular weight excluding hydrogens is 463 g/mol. The Kier molecular flexibility index (Phi) is 6.20. The number of nitrogens with zero attached hydrogens (tertiary/aromatic N) is 5. The van der Waals surface area contributed by atoms with Crippen LogP contribution in [0.5, 0.6) is 0 Å². The Morgan fingerprint density at radius 2 is 1.94 bits per heavy atom. The van der Waals surface area contributed by atoms with Gasteiger partial charge in [-0.3, -0.25) is 4.79 Å². The smallest absolute Gasteiger partial charge is 0.257 e. The number of rotatable bonds is 5. The largest absolute Gasteiger partial charge is 0.379 e. The van der Waals surface area contributed by atoms with Crippen LogP contribution in [0, 0.1) is 12.7 Å². The van der Waals surface area contributed by atoms with Crippen LogP contribution >= 0.6 is 11.6 Å². The summed E-state index contributed by atoms with van der Waals surface area (Å²) in [6, 6.07) is 7.80. The lowest BCUT2D eigenvalue weighted by atomic mass is 10.2. The molecule has 0 atom stereocenters. The fraction of sp³-hybridized carbons (Fsp3) is 0.263. The summed E-state index contributed by atoms with van der Waals surface area (Å²) in [7, 11) is -3.84. The summed E-state index contributed by atoms with van der Waals surface area (Å²) in [6.07, 6.45) is 0. The molecule has 13 heteroatoms. The van der Waals surface area contributed by atoms with E-state index in [4.69, 9.17) is 16.3 Å². The van der Waals surface area contributed by atoms with Gasteiger partial charge in [0.1, 0.15) is 5.82 Å². The second-order valence-electron chi connectivity index (χ2n) is 6.91. The zero-order chi connectivity index (χ0) is 22.9. The highest BCUT2D eigenvalue weighted by atomic mass is 35.5. The van der Waals surface area contributed by atoms with Crippen molar-refractivity contribution in [2.75, 3.05) is 31.6 Å². The first-order chi connectivity index (χ1) is 15.3. The Morgan fingerprint density at radius 1 is 1.19 bits per heavy atom. The molecule has 32 heavy (non-hydrogen) atoms. The number of ether oxygens (including phenoxy) is 1. The lowest BCUT2D eigenvalue weighted by Gasteiger charge is -2.26. The second kappa shape index (κ2) is 8.90. The molecule has 10 nitrogen and oxygen atoms in total. The van der Waals surface area contributed by atoms with Gasteiger partial charge in [-0.2, -0.15) is 8.99 Å². The number of hydrogen-bond acceptors (Lipinski definition) is 7. The molecule has 0 aliphatic carbocycles. The number of morpholine rings is 1. The molecule has 1 aliphatic heterocycles. The van der Waals surface area contributed by atoms with Crippen LogP contribution in [0.2, 0.25) is 5.02 Å². The molecule has 0 saturated carbocycles. The number of sulfonamides is 1. The lowest BCUT2D eigenvalue weighted by molar-refractivity contribution is 0.0730. The standard InChI is InChI=1S/C19H18ClFN6O4S/c1-12-23-24-25-27(12)13-2-5-17(21)18(10-13)22-19(28)15-11-14(3-4-16(15)20)32(29,30)26-6-8-31-9-7-26/h2-5,10-11H,6-9H2,1H3,(H,22,28). The first-order valence-corrected chi connectivity index (χ1v) is 11.3. The zero-order valence-electron chi connectivity index (χ0n) is 16.8. The van der Waals surface area contributed by atoms with Crippen LogP contribution in [0.4, 0.5) is 10.1 Å². The first kappa shape index (κ1) is 22.3. The molecule has 0 spiro atoms. The monoisotopic (exact) mass is 480 g/mol. The molecular formula is C19H18ClFN6O4S. The van der Waals surface area contributed by atoms with Crippen molar-refractivity contribution in [3.8, 4) is 5.69 Å². The van der Waals surface area contributed by atoms with Crippen LogP contribution in [0.3, 0.4) is 0 Å². The van der Waals surface area contributed by atoms with E-state index in [-0.39, 0.29) is 47.5 Å². The maximum absolute atomic E-state index is 14.4. The van der Waals surface area contributed by atoms with Gasteiger partial charge in [-0.1, -0.05) is 11.6 Å². The van der Waals surface area contributed by atoms with Crippen LogP contribution in [0.1, 0.15) is 16.2 Å². The zero-order valence-corrected chi connectivity index (χ0v) is 18.4. The summed E-state index contributed by atoms with van der Waals surface area (Å²) in [4.78, 5) is 12.8. The summed E-state index contributed by atoms with van der Waals surface area (Å²) in [5, 5.41) is 13.6. The van der Waals surface area contributed by atoms with Crippen molar-refractivity contribution < 1.29 is 22.3 Å². The van der Waals surface area contributed by atoms with Crippen LogP contribution in [-0.4, -0.2) is 65.1 Å². The number of carbonyl (C=O) groups excluding carboxylic acids is 1. The van der Waals surface area contributed by atoms with Gasteiger partial charge in [0.25, 0.3) is 5.91 Å². The van der Waals surface area contributed by atoms with Gasteiger partial charge in [-0.15, -0.1) is 5.10 Å². The van der Waals surface area contributed by atoms with Gasteiger partial charge < -0.3 is 10.1 Å². The predicted octanol–water partition coefficient (Wildman–Crippen LogP) is 2.04. The van der Waals surface area contributed by atoms with Crippen LogP contribution in [0.15, 0.2) is 41.3 Å². The third-order valence-corrected chi connectivity index (χ3v) is 7.08. The Hall–Kier alpha value is -2.93. The maximum atomic E-state index is 14.4. The molecule has 1 aliphatic rings. The van der Waals surface area contributed by atoms with E-state index >= 15 is 0 Å². The molecule has 3 aromatic rings. The van der Waals surface area contributed by atoms with Crippen molar-refractivity contribution in [3.05, 3.63) is 58.6 Å². The third-order valence-electron chi connectivity index (χ3n) is 4.86. The van der Waals surface area contributed by atoms with E-state index < -0.39 is 21.7 Å². The number of tetrazole rings is 1. The molecule has 0 bridgehead atoms. The maximum Gasteiger partial charge on any atom is 0.257 e. The van der Waals surface area contributed by atoms with Gasteiger partial charge in [0.05, 0.1) is 40.1 Å². The quantitative estimate of drug-likeness (QED) is 0.593. The molecule has 1 saturated heterocycles. The van der Waals surface area contributed by atoms with E-state index in [1.807, 2.05) is 0 Å². The van der Waals surface area contributed by atoms with Crippen molar-refractivity contribution in [1.82, 2.24) is 24.5 Å². The van der Waals surface area contributed by atoms with E-state index in [1.54, 1.807) is 6.92 Å². The van der Waals surface area contributed by atoms with Crippen molar-refractivity contribution in [3.63, 3.8) is 0 Å². The van der Waals surface area contributed by atoms with E-state index in [1.165, 1.54) is 39.3 Å². The van der Waals surface area contributed by atoms with Crippen LogP contribution < -0.4 is 5.32 Å². The minimum absolute atomic E-state index is 0.0244. The van der Waals surface area contributed by atoms with Crippen LogP contribution in [0.25, 0.3) is 5.69 Å². The van der Waals surface area contributed by atoms with Crippen molar-refractivity contribution in [2.45, 2.75) is 11.8 Å². The summed E-state index contributed by atoms with van der Waals surface area (Å²) in [5.41, 5.74) is 0.184. The number of aromatic nitrogens is 4. The summed E-state index contributed by atoms with van der Waals surface area (Å²) < 4.78 is 48.0. The van der Waals surface area contributed by atoms with Gasteiger partial charge in [0.15, 0.2) is 5.82 Å². The lowest BCUT2D eigenvalue weighted by Crippen LogP contribution is -2.40. The van der Waals surface area contributed by atoms with Gasteiger partial charge in [-0.05, 0) is 53.7 Å².